The van der Waals surface area contributed by atoms with E-state index in [9.17, 15) is 17.6 Å². The van der Waals surface area contributed by atoms with Gasteiger partial charge in [0, 0.05) is 18.3 Å². The molecule has 0 bridgehead atoms. The summed E-state index contributed by atoms with van der Waals surface area (Å²) in [5, 5.41) is 16.5. The van der Waals surface area contributed by atoms with Gasteiger partial charge in [-0.3, -0.25) is 0 Å². The molecule has 1 aliphatic rings. The summed E-state index contributed by atoms with van der Waals surface area (Å²) in [6, 6.07) is 6.05. The highest BCUT2D eigenvalue weighted by Crippen LogP contribution is 2.38. The van der Waals surface area contributed by atoms with E-state index in [0.717, 1.165) is 31.9 Å². The van der Waals surface area contributed by atoms with E-state index in [2.05, 4.69) is 20.4 Å². The van der Waals surface area contributed by atoms with E-state index >= 15 is 0 Å². The van der Waals surface area contributed by atoms with Crippen LogP contribution >= 0.6 is 0 Å². The molecule has 0 aliphatic carbocycles. The lowest BCUT2D eigenvalue weighted by molar-refractivity contribution is 0.000682. The zero-order chi connectivity index (χ0) is 24.5. The fraction of sp³-hybridized carbons (Fsp3) is 0.304. The summed E-state index contributed by atoms with van der Waals surface area (Å²) < 4.78 is 61.7. The van der Waals surface area contributed by atoms with Gasteiger partial charge < -0.3 is 14.6 Å². The summed E-state index contributed by atoms with van der Waals surface area (Å²) in [7, 11) is 0. The van der Waals surface area contributed by atoms with Crippen LogP contribution in [0.1, 0.15) is 18.3 Å². The van der Waals surface area contributed by atoms with Crippen LogP contribution in [0.15, 0.2) is 43.1 Å². The maximum absolute atomic E-state index is 14.5. The predicted octanol–water partition coefficient (Wildman–Crippen LogP) is 4.44. The van der Waals surface area contributed by atoms with Gasteiger partial charge in [0.15, 0.2) is 5.75 Å². The van der Waals surface area contributed by atoms with Gasteiger partial charge in [-0.15, -0.1) is 0 Å². The van der Waals surface area contributed by atoms with Gasteiger partial charge in [-0.1, -0.05) is 6.07 Å². The number of rotatable bonds is 7. The number of nitriles is 1. The molecule has 4 aromatic rings. The molecule has 2 atom stereocenters. The van der Waals surface area contributed by atoms with Gasteiger partial charge >= 0.3 is 0 Å². The Balaban J connectivity index is 1.60. The van der Waals surface area contributed by atoms with E-state index in [1.165, 1.54) is 18.5 Å². The fourth-order valence-corrected chi connectivity index (χ4v) is 4.19. The molecule has 12 heteroatoms. The van der Waals surface area contributed by atoms with Crippen molar-refractivity contribution in [2.75, 3.05) is 13.1 Å². The number of ether oxygens (including phenoxy) is 1. The first-order valence-corrected chi connectivity index (χ1v) is 10.8. The molecule has 8 nitrogen and oxygen atoms in total. The molecular weight excluding hydrogens is 466 g/mol. The summed E-state index contributed by atoms with van der Waals surface area (Å²) in [6.45, 7) is 2.41. The third-order valence-corrected chi connectivity index (χ3v) is 5.89. The van der Waals surface area contributed by atoms with Crippen LogP contribution in [0.4, 0.5) is 17.6 Å². The maximum atomic E-state index is 14.5. The van der Waals surface area contributed by atoms with Gasteiger partial charge in [0.2, 0.25) is 5.88 Å². The van der Waals surface area contributed by atoms with Crippen LogP contribution in [0.5, 0.6) is 11.6 Å². The monoisotopic (exact) mass is 485 g/mol. The van der Waals surface area contributed by atoms with Crippen molar-refractivity contribution < 1.29 is 22.3 Å². The Hall–Kier alpha value is -3.98. The van der Waals surface area contributed by atoms with Crippen molar-refractivity contribution in [2.24, 2.45) is 5.92 Å². The molecule has 1 N–H and O–H groups in total. The van der Waals surface area contributed by atoms with Crippen molar-refractivity contribution in [1.82, 2.24) is 29.6 Å². The molecule has 4 heterocycles. The third-order valence-electron chi connectivity index (χ3n) is 5.89. The highest BCUT2D eigenvalue weighted by molar-refractivity contribution is 5.97. The Morgan fingerprint density at radius 3 is 2.80 bits per heavy atom. The number of alkyl halides is 3. The SMILES string of the molecule is N#Cc1ccc(-c2cn(CC3CCNC3)c3ncnc(Oc4cnn(C(F)C(F)F)c4)c23)cc1F. The van der Waals surface area contributed by atoms with Crippen molar-refractivity contribution in [3.05, 3.63) is 54.5 Å². The van der Waals surface area contributed by atoms with Crippen molar-refractivity contribution in [1.29, 1.82) is 5.26 Å². The van der Waals surface area contributed by atoms with Crippen molar-refractivity contribution >= 4 is 11.0 Å². The summed E-state index contributed by atoms with van der Waals surface area (Å²) in [4.78, 5) is 8.60. The molecule has 0 spiro atoms. The largest absolute Gasteiger partial charge is 0.435 e. The second-order valence-corrected chi connectivity index (χ2v) is 8.20. The van der Waals surface area contributed by atoms with Crippen LogP contribution in [0, 0.1) is 23.1 Å². The molecule has 180 valence electrons. The highest BCUT2D eigenvalue weighted by Gasteiger charge is 2.24. The molecule has 1 aromatic carbocycles. The summed E-state index contributed by atoms with van der Waals surface area (Å²) in [5.74, 6) is -0.236. The first-order valence-electron chi connectivity index (χ1n) is 10.8. The molecule has 2 unspecified atom stereocenters. The topological polar surface area (TPSA) is 93.6 Å². The quantitative estimate of drug-likeness (QED) is 0.389. The Kier molecular flexibility index (Phi) is 6.08. The normalized spacial score (nSPS) is 16.6. The number of halogens is 4. The number of aromatic nitrogens is 5. The molecule has 5 rings (SSSR count). The van der Waals surface area contributed by atoms with E-state index < -0.39 is 18.5 Å². The van der Waals surface area contributed by atoms with E-state index in [4.69, 9.17) is 10.00 Å². The van der Waals surface area contributed by atoms with Crippen molar-refractivity contribution in [2.45, 2.75) is 25.7 Å². The average molecular weight is 485 g/mol. The minimum Gasteiger partial charge on any atom is -0.435 e. The molecule has 0 saturated carbocycles. The number of benzene rings is 1. The van der Waals surface area contributed by atoms with Crippen LogP contribution in [-0.2, 0) is 6.54 Å². The van der Waals surface area contributed by atoms with Gasteiger partial charge in [-0.05, 0) is 43.1 Å². The van der Waals surface area contributed by atoms with Crippen molar-refractivity contribution in [3.63, 3.8) is 0 Å². The average Bonchev–Trinajstić information content (AvgIpc) is 3.60. The number of nitrogens with one attached hydrogen (secondary N) is 1. The number of hydrogen-bond acceptors (Lipinski definition) is 6. The smallest absolute Gasteiger partial charge is 0.289 e. The van der Waals surface area contributed by atoms with Crippen LogP contribution in [0.25, 0.3) is 22.2 Å². The van der Waals surface area contributed by atoms with Gasteiger partial charge in [-0.25, -0.2) is 32.2 Å². The van der Waals surface area contributed by atoms with Crippen LogP contribution < -0.4 is 10.1 Å². The summed E-state index contributed by atoms with van der Waals surface area (Å²) >= 11 is 0. The van der Waals surface area contributed by atoms with E-state index in [-0.39, 0.29) is 17.2 Å². The minimum atomic E-state index is -3.24. The van der Waals surface area contributed by atoms with Crippen LogP contribution in [0.2, 0.25) is 0 Å². The van der Waals surface area contributed by atoms with E-state index in [1.54, 1.807) is 12.1 Å². The molecule has 0 amide bonds. The number of nitrogens with zero attached hydrogens (tertiary/aromatic N) is 6. The molecule has 35 heavy (non-hydrogen) atoms. The van der Waals surface area contributed by atoms with Crippen molar-refractivity contribution in [3.8, 4) is 28.8 Å². The second kappa shape index (κ2) is 9.34. The molecule has 1 fully saturated rings. The van der Waals surface area contributed by atoms with Crippen LogP contribution in [0.3, 0.4) is 0 Å². The summed E-state index contributed by atoms with van der Waals surface area (Å²) in [6.07, 6.45) is 0.358. The Labute approximate surface area is 196 Å². The Morgan fingerprint density at radius 2 is 2.09 bits per heavy atom. The second-order valence-electron chi connectivity index (χ2n) is 8.20. The van der Waals surface area contributed by atoms with E-state index in [1.807, 2.05) is 10.8 Å². The number of fused-ring (bicyclic) bond motifs is 1. The van der Waals surface area contributed by atoms with Crippen LogP contribution in [-0.4, -0.2) is 43.8 Å². The lowest BCUT2D eigenvalue weighted by Gasteiger charge is -2.10. The lowest BCUT2D eigenvalue weighted by atomic mass is 10.0. The molecular formula is C23H19F4N7O. The Morgan fingerprint density at radius 1 is 1.23 bits per heavy atom. The minimum absolute atomic E-state index is 0.00185. The first-order chi connectivity index (χ1) is 16.9. The molecule has 0 radical (unpaired) electrons. The van der Waals surface area contributed by atoms with Gasteiger partial charge in [-0.2, -0.15) is 10.4 Å². The predicted molar refractivity (Wildman–Crippen MR) is 117 cm³/mol. The summed E-state index contributed by atoms with van der Waals surface area (Å²) in [5.41, 5.74) is 1.49. The Bertz CT molecular complexity index is 1400. The van der Waals surface area contributed by atoms with Gasteiger partial charge in [0.25, 0.3) is 12.7 Å². The maximum Gasteiger partial charge on any atom is 0.289 e. The number of hydrogen-bond donors (Lipinski definition) is 1. The standard InChI is InChI=1S/C23H19F4N7O/c24-18-5-14(1-2-15(18)6-28)17-11-33(9-13-3-4-29-7-13)22-19(17)23(31-12-30-22)35-16-8-32-34(10-16)21(27)20(25)26/h1-2,5,8,10-13,20-21,29H,3-4,7,9H2. The first kappa shape index (κ1) is 22.8. The van der Waals surface area contributed by atoms with Gasteiger partial charge in [0.05, 0.1) is 23.3 Å². The zero-order valence-electron chi connectivity index (χ0n) is 18.2. The lowest BCUT2D eigenvalue weighted by Crippen LogP contribution is -2.14. The fourth-order valence-electron chi connectivity index (χ4n) is 4.19. The molecule has 3 aromatic heterocycles. The highest BCUT2D eigenvalue weighted by atomic mass is 19.3. The van der Waals surface area contributed by atoms with E-state index in [0.29, 0.717) is 39.3 Å². The molecule has 1 aliphatic heterocycles. The third kappa shape index (κ3) is 4.42. The zero-order valence-corrected chi connectivity index (χ0v) is 18.2. The molecule has 1 saturated heterocycles. The van der Waals surface area contributed by atoms with Gasteiger partial charge in [0.1, 0.15) is 23.9 Å².